The summed E-state index contributed by atoms with van der Waals surface area (Å²) in [6.45, 7) is 15.9. The molecule has 11 rings (SSSR count). The molecular formula is C64H102O31. The minimum Gasteiger partial charge on any atom is -0.479 e. The molecule has 95 heavy (non-hydrogen) atoms. The zero-order valence-electron chi connectivity index (χ0n) is 54.9. The van der Waals surface area contributed by atoms with E-state index in [0.29, 0.717) is 38.5 Å². The van der Waals surface area contributed by atoms with Crippen LogP contribution in [0.3, 0.4) is 0 Å². The number of hydrogen-bond acceptors (Lipinski definition) is 30. The van der Waals surface area contributed by atoms with Gasteiger partial charge in [-0.05, 0) is 116 Å². The van der Waals surface area contributed by atoms with E-state index in [-0.39, 0.29) is 35.5 Å². The molecule has 37 atom stereocenters. The zero-order chi connectivity index (χ0) is 69.5. The lowest BCUT2D eigenvalue weighted by Gasteiger charge is -2.71. The van der Waals surface area contributed by atoms with E-state index in [1.54, 1.807) is 0 Å². The fourth-order valence-corrected chi connectivity index (χ4v) is 18.9. The lowest BCUT2D eigenvalue weighted by Crippen LogP contribution is -2.68. The van der Waals surface area contributed by atoms with Gasteiger partial charge in [0.05, 0.1) is 44.2 Å². The molecule has 0 spiro atoms. The Balaban J connectivity index is 0.839. The number of carboxylic acids is 1. The van der Waals surface area contributed by atoms with Gasteiger partial charge < -0.3 is 144 Å². The molecule has 544 valence electrons. The molecule has 31 heteroatoms. The van der Waals surface area contributed by atoms with Gasteiger partial charge in [0, 0.05) is 0 Å². The summed E-state index contributed by atoms with van der Waals surface area (Å²) in [5, 5.41) is 187. The molecule has 6 saturated heterocycles. The van der Waals surface area contributed by atoms with Crippen LogP contribution in [0.4, 0.5) is 0 Å². The van der Waals surface area contributed by atoms with E-state index in [0.717, 1.165) is 12.0 Å². The molecule has 31 nitrogen and oxygen atoms in total. The van der Waals surface area contributed by atoms with Crippen LogP contribution in [0.1, 0.15) is 120 Å². The number of allylic oxidation sites excluding steroid dienone is 2. The normalized spacial score (nSPS) is 54.5. The van der Waals surface area contributed by atoms with Crippen LogP contribution in [0.25, 0.3) is 0 Å². The number of ether oxygens (including phenoxy) is 12. The van der Waals surface area contributed by atoms with Gasteiger partial charge in [-0.2, -0.15) is 0 Å². The molecule has 0 radical (unpaired) electrons. The highest BCUT2D eigenvalue weighted by atomic mass is 16.8. The first-order chi connectivity index (χ1) is 44.4. The number of hydrogen-bond donors (Lipinski definition) is 17. The van der Waals surface area contributed by atoms with Crippen molar-refractivity contribution in [2.24, 2.45) is 50.2 Å². The number of aliphatic hydroxyl groups excluding tert-OH is 16. The van der Waals surface area contributed by atoms with Crippen LogP contribution in [-0.4, -0.2) is 303 Å². The van der Waals surface area contributed by atoms with Crippen LogP contribution in [0.2, 0.25) is 0 Å². The van der Waals surface area contributed by atoms with Gasteiger partial charge in [-0.3, -0.25) is 4.79 Å². The van der Waals surface area contributed by atoms with Gasteiger partial charge in [0.2, 0.25) is 6.29 Å². The van der Waals surface area contributed by atoms with Crippen molar-refractivity contribution in [1.82, 2.24) is 0 Å². The zero-order valence-corrected chi connectivity index (χ0v) is 54.9. The topological polar surface area (TPSA) is 489 Å². The molecule has 17 N–H and O–H groups in total. The first-order valence-electron chi connectivity index (χ1n) is 33.5. The molecule has 5 aliphatic carbocycles. The molecular weight excluding hydrogens is 1260 g/mol. The van der Waals surface area contributed by atoms with Crippen LogP contribution >= 0.6 is 0 Å². The second kappa shape index (κ2) is 27.1. The number of aliphatic hydroxyl groups is 16. The number of carboxylic acid groups (broad SMARTS) is 1. The minimum absolute atomic E-state index is 0.0283. The van der Waals surface area contributed by atoms with Crippen molar-refractivity contribution in [2.45, 2.75) is 304 Å². The van der Waals surface area contributed by atoms with Gasteiger partial charge in [0.1, 0.15) is 115 Å². The van der Waals surface area contributed by atoms with Crippen molar-refractivity contribution in [3.8, 4) is 0 Å². The van der Waals surface area contributed by atoms with Crippen molar-refractivity contribution in [2.75, 3.05) is 19.8 Å². The lowest BCUT2D eigenvalue weighted by molar-refractivity contribution is -0.396. The fraction of sp³-hybridized carbons (Fsp3) is 0.938. The first kappa shape index (κ1) is 73.8. The van der Waals surface area contributed by atoms with Gasteiger partial charge in [-0.15, -0.1) is 0 Å². The summed E-state index contributed by atoms with van der Waals surface area (Å²) >= 11 is 0. The maximum atomic E-state index is 15.7. The van der Waals surface area contributed by atoms with E-state index in [9.17, 15) is 91.6 Å². The van der Waals surface area contributed by atoms with Crippen molar-refractivity contribution in [3.05, 3.63) is 11.6 Å². The molecule has 0 amide bonds. The molecule has 6 heterocycles. The number of fused-ring (bicyclic) bond motifs is 7. The molecule has 0 aromatic carbocycles. The first-order valence-corrected chi connectivity index (χ1v) is 33.5. The smallest absolute Gasteiger partial charge is 0.335 e. The maximum absolute atomic E-state index is 15.7. The third kappa shape index (κ3) is 12.5. The molecule has 3 unspecified atom stereocenters. The van der Waals surface area contributed by atoms with Crippen LogP contribution in [0.5, 0.6) is 0 Å². The Bertz CT molecular complexity index is 2740. The molecule has 11 aliphatic rings. The van der Waals surface area contributed by atoms with Crippen LogP contribution in [-0.2, 0) is 66.4 Å². The lowest BCUT2D eigenvalue weighted by atomic mass is 9.33. The summed E-state index contributed by atoms with van der Waals surface area (Å²) in [5.41, 5.74) is -2.94. The third-order valence-corrected chi connectivity index (χ3v) is 24.8. The van der Waals surface area contributed by atoms with E-state index < -0.39 is 244 Å². The number of carbonyl (C=O) groups excluding carboxylic acids is 1. The van der Waals surface area contributed by atoms with E-state index in [1.807, 2.05) is 0 Å². The van der Waals surface area contributed by atoms with E-state index in [1.165, 1.54) is 13.8 Å². The largest absolute Gasteiger partial charge is 0.479 e. The Labute approximate surface area is 549 Å². The second-order valence-electron chi connectivity index (χ2n) is 31.1. The molecule has 10 fully saturated rings. The van der Waals surface area contributed by atoms with E-state index in [2.05, 4.69) is 54.5 Å². The highest BCUT2D eigenvalue weighted by Gasteiger charge is 2.72. The van der Waals surface area contributed by atoms with Gasteiger partial charge in [0.15, 0.2) is 43.7 Å². The number of aliphatic carboxylic acids is 1. The van der Waals surface area contributed by atoms with Crippen molar-refractivity contribution >= 4 is 11.9 Å². The number of carbonyl (C=O) groups is 2. The maximum Gasteiger partial charge on any atom is 0.335 e. The molecule has 6 aliphatic heterocycles. The summed E-state index contributed by atoms with van der Waals surface area (Å²) < 4.78 is 72.1. The summed E-state index contributed by atoms with van der Waals surface area (Å²) in [7, 11) is 0. The monoisotopic (exact) mass is 1370 g/mol. The summed E-state index contributed by atoms with van der Waals surface area (Å²) in [6.07, 6.45) is -44.6. The Morgan fingerprint density at radius 2 is 1.07 bits per heavy atom. The van der Waals surface area contributed by atoms with Crippen molar-refractivity contribution < 1.29 is 153 Å². The summed E-state index contributed by atoms with van der Waals surface area (Å²) in [5.74, 6) is -2.89. The van der Waals surface area contributed by atoms with Gasteiger partial charge in [-0.25, -0.2) is 4.79 Å². The molecule has 0 aromatic heterocycles. The quantitative estimate of drug-likeness (QED) is 0.0448. The average Bonchev–Trinajstić information content (AvgIpc) is 0.672. The average molecular weight is 1370 g/mol. The summed E-state index contributed by atoms with van der Waals surface area (Å²) in [6, 6.07) is 0. The predicted molar refractivity (Wildman–Crippen MR) is 315 cm³/mol. The van der Waals surface area contributed by atoms with E-state index >= 15 is 4.79 Å². The third-order valence-electron chi connectivity index (χ3n) is 24.8. The van der Waals surface area contributed by atoms with E-state index in [4.69, 9.17) is 56.8 Å². The van der Waals surface area contributed by atoms with Gasteiger partial charge in [-0.1, -0.05) is 60.1 Å². The minimum atomic E-state index is -2.15. The Morgan fingerprint density at radius 3 is 1.74 bits per heavy atom. The Morgan fingerprint density at radius 1 is 0.516 bits per heavy atom. The standard InChI is InChI=1S/C64H102O31/c1-23-34(69)37(72)41(76)53(86-23)91-47-28(67)22-84-52(44(47)79)90-46-24(2)87-56(45(80)48(46)92-54-42(77)38(73)36(71)29(20-65)88-54)94-50-35(70)27(66)21-85-57(50)95-58(83)64-17-16-59(3,4)18-26(64)25-10-11-31-61(7)14-13-33(89-55-43(78)39(74)40(75)49(93-55)51(81)82)60(5,6)30(61)12-15-62(31,8)63(25,9)19-32(64)68/h10,23-24,26-50,52-57,65-80H,11-22H2,1-9H3,(H,81,82)/t23-,24-,26?,27-,28+,29+,30?,31?,32+,33-,34-,35-,36+,37+,38-,39-,40-,41+,42+,43+,44+,45+,46-,47-,48-,49-,50+,52-,53-,54-,55+,56-,57-,61-,62+,63+,64+/m0/s1. The van der Waals surface area contributed by atoms with Crippen LogP contribution < -0.4 is 0 Å². The Kier molecular flexibility index (Phi) is 21.0. The predicted octanol–water partition coefficient (Wildman–Crippen LogP) is -3.99. The van der Waals surface area contributed by atoms with Gasteiger partial charge >= 0.3 is 11.9 Å². The highest BCUT2D eigenvalue weighted by Crippen LogP contribution is 2.76. The van der Waals surface area contributed by atoms with Crippen LogP contribution in [0, 0.1) is 50.2 Å². The SMILES string of the molecule is C[C@@H]1O[C@@H](O[C@@H]2[C@@H](O)[C@H](O[C@@H]3[C@@H](O[C@@H]4O[C@H](CO)[C@@H](O)[C@H](O)[C@H]4O)[C@@H](O)[C@H](O[C@H]4[C@H](OC(=O)[C@]56CCC(C)(C)CC5C5=CCC7[C@@]8(C)CC[C@H](O[C@@H]9O[C@H](C(=O)O)[C@@H](O)[C@H](O)[C@H]9O)C(C)(C)C8CC[C@@]7(C)[C@]5(C)C[C@H]6O)OC[C@H](O)[C@@H]4O)O[C@H]3C)OC[C@H]2O)[C@H](O)[C@H](O)[C@H]1O. The highest BCUT2D eigenvalue weighted by molar-refractivity contribution is 5.80. The van der Waals surface area contributed by atoms with Crippen LogP contribution in [0.15, 0.2) is 11.6 Å². The molecule has 0 aromatic rings. The Hall–Kier alpha value is -2.40. The van der Waals surface area contributed by atoms with Gasteiger partial charge in [0.25, 0.3) is 0 Å². The molecule has 4 saturated carbocycles. The fourth-order valence-electron chi connectivity index (χ4n) is 18.9. The summed E-state index contributed by atoms with van der Waals surface area (Å²) in [4.78, 5) is 27.7. The van der Waals surface area contributed by atoms with Crippen molar-refractivity contribution in [3.63, 3.8) is 0 Å². The second-order valence-corrected chi connectivity index (χ2v) is 31.1. The number of rotatable bonds is 14. The number of esters is 1. The van der Waals surface area contributed by atoms with Crippen molar-refractivity contribution in [1.29, 1.82) is 0 Å². The molecule has 0 bridgehead atoms.